The van der Waals surface area contributed by atoms with E-state index in [1.165, 1.54) is 18.2 Å². The Labute approximate surface area is 208 Å². The molecule has 2 N–H and O–H groups in total. The van der Waals surface area contributed by atoms with Gasteiger partial charge in [0.2, 0.25) is 5.91 Å². The molecule has 0 spiro atoms. The fraction of sp³-hybridized carbons (Fsp3) is 0.333. The van der Waals surface area contributed by atoms with E-state index in [1.807, 2.05) is 0 Å². The highest BCUT2D eigenvalue weighted by Crippen LogP contribution is 2.32. The first-order valence-corrected chi connectivity index (χ1v) is 11.2. The lowest BCUT2D eigenvalue weighted by molar-refractivity contribution is -0.384. The second kappa shape index (κ2) is 12.6. The molecule has 35 heavy (non-hydrogen) atoms. The fourth-order valence-corrected chi connectivity index (χ4v) is 3.00. The van der Waals surface area contributed by atoms with Crippen molar-refractivity contribution in [2.75, 3.05) is 11.9 Å². The van der Waals surface area contributed by atoms with Crippen LogP contribution in [-0.2, 0) is 9.53 Å². The molecule has 0 bridgehead atoms. The molecule has 0 saturated carbocycles. The van der Waals surface area contributed by atoms with Crippen molar-refractivity contribution in [2.45, 2.75) is 45.6 Å². The van der Waals surface area contributed by atoms with E-state index in [2.05, 4.69) is 27.4 Å². The minimum Gasteiger partial charge on any atom is -0.444 e. The van der Waals surface area contributed by atoms with Crippen LogP contribution in [0.5, 0.6) is 0 Å². The molecule has 2 rings (SSSR count). The zero-order valence-electron chi connectivity index (χ0n) is 19.8. The standard InChI is InChI=1S/C24H28ClN5O5/c1-5-6-10-21(31)27-19-15-17(30(33)34)11-12-18(19)20-14-16(22(25)29-28-20)9-7-8-13-26-23(32)35-24(2,3)4/h5,7,9,11-12,14-15H,1,6,8,10,13H2,2-4H3,(H,26,32)(H,27,31). The van der Waals surface area contributed by atoms with Gasteiger partial charge < -0.3 is 15.4 Å². The number of nitro groups is 1. The molecule has 0 aliphatic rings. The van der Waals surface area contributed by atoms with Crippen molar-refractivity contribution in [2.24, 2.45) is 0 Å². The number of nitrogens with zero attached hydrogens (tertiary/aromatic N) is 3. The summed E-state index contributed by atoms with van der Waals surface area (Å²) in [6, 6.07) is 5.75. The summed E-state index contributed by atoms with van der Waals surface area (Å²) >= 11 is 6.18. The normalized spacial score (nSPS) is 11.2. The van der Waals surface area contributed by atoms with Gasteiger partial charge in [-0.15, -0.1) is 16.8 Å². The first-order valence-electron chi connectivity index (χ1n) is 10.9. The van der Waals surface area contributed by atoms with E-state index in [4.69, 9.17) is 16.3 Å². The highest BCUT2D eigenvalue weighted by molar-refractivity contribution is 6.30. The van der Waals surface area contributed by atoms with Gasteiger partial charge in [-0.1, -0.05) is 29.8 Å². The molecule has 0 fully saturated rings. The molecular formula is C24H28ClN5O5. The fourth-order valence-electron chi connectivity index (χ4n) is 2.84. The maximum Gasteiger partial charge on any atom is 0.407 e. The molecule has 0 aliphatic heterocycles. The number of hydrogen-bond acceptors (Lipinski definition) is 7. The number of allylic oxidation sites excluding steroid dienone is 1. The topological polar surface area (TPSA) is 136 Å². The van der Waals surface area contributed by atoms with Crippen molar-refractivity contribution < 1.29 is 19.2 Å². The predicted molar refractivity (Wildman–Crippen MR) is 135 cm³/mol. The molecule has 10 nitrogen and oxygen atoms in total. The van der Waals surface area contributed by atoms with E-state index >= 15 is 0 Å². The van der Waals surface area contributed by atoms with Crippen molar-refractivity contribution in [3.05, 3.63) is 63.8 Å². The van der Waals surface area contributed by atoms with Gasteiger partial charge >= 0.3 is 6.09 Å². The summed E-state index contributed by atoms with van der Waals surface area (Å²) < 4.78 is 5.18. The second-order valence-corrected chi connectivity index (χ2v) is 8.82. The molecule has 0 unspecified atom stereocenters. The number of anilines is 1. The van der Waals surface area contributed by atoms with Gasteiger partial charge in [-0.3, -0.25) is 14.9 Å². The van der Waals surface area contributed by atoms with Crippen molar-refractivity contribution >= 4 is 41.1 Å². The Hall–Kier alpha value is -3.79. The van der Waals surface area contributed by atoms with Crippen molar-refractivity contribution in [3.8, 4) is 11.3 Å². The largest absolute Gasteiger partial charge is 0.444 e. The lowest BCUT2D eigenvalue weighted by Gasteiger charge is -2.19. The molecule has 0 saturated heterocycles. The number of carbonyl (C=O) groups excluding carboxylic acids is 2. The molecule has 1 aromatic carbocycles. The Balaban J connectivity index is 2.20. The number of nitro benzene ring substituents is 1. The Morgan fingerprint density at radius 1 is 1.23 bits per heavy atom. The summed E-state index contributed by atoms with van der Waals surface area (Å²) in [6.07, 6.45) is 5.80. The third-order valence-corrected chi connectivity index (χ3v) is 4.69. The van der Waals surface area contributed by atoms with Crippen LogP contribution in [0.3, 0.4) is 0 Å². The highest BCUT2D eigenvalue weighted by Gasteiger charge is 2.17. The third-order valence-electron chi connectivity index (χ3n) is 4.39. The van der Waals surface area contributed by atoms with E-state index in [-0.39, 0.29) is 28.9 Å². The molecular weight excluding hydrogens is 474 g/mol. The first-order chi connectivity index (χ1) is 16.5. The van der Waals surface area contributed by atoms with E-state index in [0.717, 1.165) is 0 Å². The van der Waals surface area contributed by atoms with Crippen LogP contribution in [0.4, 0.5) is 16.2 Å². The molecule has 11 heteroatoms. The highest BCUT2D eigenvalue weighted by atomic mass is 35.5. The van der Waals surface area contributed by atoms with E-state index < -0.39 is 16.6 Å². The molecule has 1 aromatic heterocycles. The summed E-state index contributed by atoms with van der Waals surface area (Å²) in [7, 11) is 0. The number of benzene rings is 1. The van der Waals surface area contributed by atoms with Crippen LogP contribution in [0, 0.1) is 10.1 Å². The van der Waals surface area contributed by atoms with Crippen LogP contribution in [0.2, 0.25) is 5.15 Å². The molecule has 2 amide bonds. The molecule has 186 valence electrons. The van der Waals surface area contributed by atoms with Gasteiger partial charge in [0.1, 0.15) is 5.60 Å². The number of amides is 2. The molecule has 0 radical (unpaired) electrons. The van der Waals surface area contributed by atoms with Crippen LogP contribution in [0.25, 0.3) is 17.3 Å². The average molecular weight is 502 g/mol. The number of hydrogen-bond donors (Lipinski definition) is 2. The Morgan fingerprint density at radius 2 is 1.97 bits per heavy atom. The van der Waals surface area contributed by atoms with E-state index in [9.17, 15) is 19.7 Å². The lowest BCUT2D eigenvalue weighted by Crippen LogP contribution is -2.32. The van der Waals surface area contributed by atoms with Gasteiger partial charge in [-0.2, -0.15) is 0 Å². The Bertz CT molecular complexity index is 1130. The quantitative estimate of drug-likeness (QED) is 0.189. The van der Waals surface area contributed by atoms with Crippen LogP contribution in [-0.4, -0.2) is 39.3 Å². The lowest BCUT2D eigenvalue weighted by atomic mass is 10.1. The van der Waals surface area contributed by atoms with Crippen LogP contribution in [0.15, 0.2) is 43.0 Å². The van der Waals surface area contributed by atoms with Crippen LogP contribution >= 0.6 is 11.6 Å². The van der Waals surface area contributed by atoms with Gasteiger partial charge in [-0.25, -0.2) is 4.79 Å². The zero-order valence-corrected chi connectivity index (χ0v) is 20.6. The number of non-ortho nitro benzene ring substituents is 1. The smallest absolute Gasteiger partial charge is 0.407 e. The van der Waals surface area contributed by atoms with Crippen molar-refractivity contribution in [1.82, 2.24) is 15.5 Å². The van der Waals surface area contributed by atoms with E-state index in [0.29, 0.717) is 36.2 Å². The van der Waals surface area contributed by atoms with Gasteiger partial charge in [0, 0.05) is 36.2 Å². The Kier molecular flexibility index (Phi) is 9.89. The molecule has 0 aliphatic carbocycles. The van der Waals surface area contributed by atoms with E-state index in [1.54, 1.807) is 45.1 Å². The third kappa shape index (κ3) is 9.17. The number of ether oxygens (including phenoxy) is 1. The maximum absolute atomic E-state index is 12.2. The van der Waals surface area contributed by atoms with Crippen molar-refractivity contribution in [3.63, 3.8) is 0 Å². The summed E-state index contributed by atoms with van der Waals surface area (Å²) in [6.45, 7) is 9.29. The number of rotatable bonds is 10. The summed E-state index contributed by atoms with van der Waals surface area (Å²) in [5, 5.41) is 24.8. The number of alkyl carbamates (subject to hydrolysis) is 1. The zero-order chi connectivity index (χ0) is 26.0. The average Bonchev–Trinajstić information content (AvgIpc) is 2.77. The maximum atomic E-state index is 12.2. The van der Waals surface area contributed by atoms with Gasteiger partial charge in [0.25, 0.3) is 5.69 Å². The number of halogens is 1. The number of carbonyl (C=O) groups is 2. The molecule has 1 heterocycles. The van der Waals surface area contributed by atoms with Gasteiger partial charge in [0.15, 0.2) is 5.15 Å². The van der Waals surface area contributed by atoms with Crippen LogP contribution in [0.1, 0.15) is 45.6 Å². The van der Waals surface area contributed by atoms with Crippen molar-refractivity contribution in [1.29, 1.82) is 0 Å². The number of nitrogens with one attached hydrogen (secondary N) is 2. The second-order valence-electron chi connectivity index (χ2n) is 8.46. The van der Waals surface area contributed by atoms with Gasteiger partial charge in [-0.05, 0) is 45.7 Å². The minimum atomic E-state index is -0.575. The predicted octanol–water partition coefficient (Wildman–Crippen LogP) is 5.54. The molecule has 0 atom stereocenters. The summed E-state index contributed by atoms with van der Waals surface area (Å²) in [5.74, 6) is -0.314. The van der Waals surface area contributed by atoms with Crippen LogP contribution < -0.4 is 10.6 Å². The SMILES string of the molecule is C=CCCC(=O)Nc1cc([N+](=O)[O-])ccc1-c1cc(C=CCCNC(=O)OC(C)(C)C)c(Cl)nn1. The Morgan fingerprint density at radius 3 is 2.63 bits per heavy atom. The summed E-state index contributed by atoms with van der Waals surface area (Å²) in [4.78, 5) is 34.6. The van der Waals surface area contributed by atoms with Gasteiger partial charge in [0.05, 0.1) is 16.3 Å². The summed E-state index contributed by atoms with van der Waals surface area (Å²) in [5.41, 5.74) is 0.863. The molecule has 2 aromatic rings. The first kappa shape index (κ1) is 27.5. The monoisotopic (exact) mass is 501 g/mol. The number of aromatic nitrogens is 2. The minimum absolute atomic E-state index is 0.156.